The van der Waals surface area contributed by atoms with E-state index in [2.05, 4.69) is 5.32 Å². The van der Waals surface area contributed by atoms with Crippen LogP contribution in [0.2, 0.25) is 0 Å². The molecule has 2 fully saturated rings. The number of aliphatic carboxylic acids is 1. The van der Waals surface area contributed by atoms with Gasteiger partial charge in [-0.05, 0) is 31.6 Å². The molecule has 6 nitrogen and oxygen atoms in total. The number of hydrogen-bond acceptors (Lipinski definition) is 3. The van der Waals surface area contributed by atoms with Gasteiger partial charge in [0.2, 0.25) is 0 Å². The van der Waals surface area contributed by atoms with Crippen molar-refractivity contribution >= 4 is 12.0 Å². The molecule has 2 saturated heterocycles. The van der Waals surface area contributed by atoms with Crippen LogP contribution < -0.4 is 5.32 Å². The lowest BCUT2D eigenvalue weighted by atomic mass is 9.76. The third-order valence-electron chi connectivity index (χ3n) is 4.39. The van der Waals surface area contributed by atoms with Gasteiger partial charge in [0.25, 0.3) is 0 Å². The summed E-state index contributed by atoms with van der Waals surface area (Å²) in [5, 5.41) is 12.4. The molecule has 114 valence electrons. The van der Waals surface area contributed by atoms with Gasteiger partial charge in [0, 0.05) is 13.2 Å². The Bertz CT molecular complexity index is 402. The fourth-order valence-corrected chi connectivity index (χ4v) is 3.17. The standard InChI is InChI=1S/C14H24N2O4/c1-13(2)5-4-7-16(10(13)11(17)18)12(19)15-14(3)6-8-20-9-14/h10H,4-9H2,1-3H3,(H,15,19)(H,17,18). The molecule has 0 spiro atoms. The minimum Gasteiger partial charge on any atom is -0.480 e. The fourth-order valence-electron chi connectivity index (χ4n) is 3.17. The van der Waals surface area contributed by atoms with Gasteiger partial charge in [-0.3, -0.25) is 0 Å². The Morgan fingerprint density at radius 2 is 2.00 bits per heavy atom. The lowest BCUT2D eigenvalue weighted by Crippen LogP contribution is -2.61. The molecule has 0 radical (unpaired) electrons. The topological polar surface area (TPSA) is 78.9 Å². The number of piperidine rings is 1. The minimum atomic E-state index is -0.933. The first-order valence-corrected chi connectivity index (χ1v) is 7.15. The Morgan fingerprint density at radius 1 is 1.30 bits per heavy atom. The molecule has 0 aromatic carbocycles. The highest BCUT2D eigenvalue weighted by Crippen LogP contribution is 2.35. The number of rotatable bonds is 2. The second-order valence-corrected chi connectivity index (χ2v) is 6.82. The summed E-state index contributed by atoms with van der Waals surface area (Å²) in [6, 6.07) is -1.07. The van der Waals surface area contributed by atoms with E-state index in [0.29, 0.717) is 19.8 Å². The zero-order valence-corrected chi connectivity index (χ0v) is 12.4. The van der Waals surface area contributed by atoms with Crippen LogP contribution in [0.3, 0.4) is 0 Å². The molecule has 0 saturated carbocycles. The van der Waals surface area contributed by atoms with E-state index < -0.39 is 17.4 Å². The van der Waals surface area contributed by atoms with E-state index >= 15 is 0 Å². The van der Waals surface area contributed by atoms with E-state index in [-0.39, 0.29) is 11.6 Å². The number of likely N-dealkylation sites (tertiary alicyclic amines) is 1. The molecule has 2 amide bonds. The molecule has 2 heterocycles. The Balaban J connectivity index is 2.12. The number of nitrogens with one attached hydrogen (secondary N) is 1. The zero-order valence-electron chi connectivity index (χ0n) is 12.4. The summed E-state index contributed by atoms with van der Waals surface area (Å²) in [6.45, 7) is 7.35. The van der Waals surface area contributed by atoms with Crippen molar-refractivity contribution in [3.63, 3.8) is 0 Å². The molecule has 0 bridgehead atoms. The summed E-state index contributed by atoms with van der Waals surface area (Å²) < 4.78 is 5.31. The van der Waals surface area contributed by atoms with E-state index in [1.807, 2.05) is 20.8 Å². The molecule has 2 atom stereocenters. The second kappa shape index (κ2) is 5.24. The smallest absolute Gasteiger partial charge is 0.327 e. The van der Waals surface area contributed by atoms with Crippen LogP contribution >= 0.6 is 0 Å². The van der Waals surface area contributed by atoms with E-state index in [1.54, 1.807) is 0 Å². The zero-order chi connectivity index (χ0) is 15.0. The van der Waals surface area contributed by atoms with Crippen LogP contribution in [0.15, 0.2) is 0 Å². The lowest BCUT2D eigenvalue weighted by molar-refractivity contribution is -0.148. The average molecular weight is 284 g/mol. The molecule has 2 aliphatic rings. The maximum absolute atomic E-state index is 12.5. The molecule has 6 heteroatoms. The van der Waals surface area contributed by atoms with Crippen molar-refractivity contribution in [1.29, 1.82) is 0 Å². The highest BCUT2D eigenvalue weighted by molar-refractivity contribution is 5.84. The van der Waals surface area contributed by atoms with Gasteiger partial charge in [0.1, 0.15) is 6.04 Å². The number of amides is 2. The Hall–Kier alpha value is -1.30. The van der Waals surface area contributed by atoms with Crippen molar-refractivity contribution < 1.29 is 19.4 Å². The van der Waals surface area contributed by atoms with Gasteiger partial charge >= 0.3 is 12.0 Å². The molecule has 0 aliphatic carbocycles. The summed E-state index contributed by atoms with van der Waals surface area (Å²) in [5.74, 6) is -0.933. The van der Waals surface area contributed by atoms with Crippen LogP contribution in [-0.4, -0.2) is 53.3 Å². The van der Waals surface area contributed by atoms with Gasteiger partial charge in [-0.2, -0.15) is 0 Å². The number of nitrogens with zero attached hydrogens (tertiary/aromatic N) is 1. The van der Waals surface area contributed by atoms with Gasteiger partial charge in [-0.1, -0.05) is 13.8 Å². The second-order valence-electron chi connectivity index (χ2n) is 6.82. The third kappa shape index (κ3) is 2.90. The van der Waals surface area contributed by atoms with Crippen molar-refractivity contribution in [2.45, 2.75) is 51.6 Å². The van der Waals surface area contributed by atoms with E-state index in [1.165, 1.54) is 4.90 Å². The first-order chi connectivity index (χ1) is 9.25. The van der Waals surface area contributed by atoms with Crippen molar-refractivity contribution in [3.8, 4) is 0 Å². The molecule has 2 aliphatic heterocycles. The number of carbonyl (C=O) groups excluding carboxylic acids is 1. The molecular formula is C14H24N2O4. The van der Waals surface area contributed by atoms with Crippen molar-refractivity contribution in [3.05, 3.63) is 0 Å². The van der Waals surface area contributed by atoms with Gasteiger partial charge in [0.05, 0.1) is 12.1 Å². The Labute approximate surface area is 119 Å². The van der Waals surface area contributed by atoms with Gasteiger partial charge < -0.3 is 20.1 Å². The molecule has 0 aromatic heterocycles. The number of carboxylic acids is 1. The van der Waals surface area contributed by atoms with E-state index in [0.717, 1.165) is 19.3 Å². The Kier molecular flexibility index (Phi) is 3.95. The van der Waals surface area contributed by atoms with Crippen LogP contribution in [0, 0.1) is 5.41 Å². The van der Waals surface area contributed by atoms with Gasteiger partial charge in [-0.25, -0.2) is 9.59 Å². The van der Waals surface area contributed by atoms with Crippen LogP contribution in [0.4, 0.5) is 4.79 Å². The predicted molar refractivity (Wildman–Crippen MR) is 73.5 cm³/mol. The fraction of sp³-hybridized carbons (Fsp3) is 0.857. The summed E-state index contributed by atoms with van der Waals surface area (Å²) in [5.41, 5.74) is -0.795. The largest absolute Gasteiger partial charge is 0.480 e. The Morgan fingerprint density at radius 3 is 2.55 bits per heavy atom. The summed E-state index contributed by atoms with van der Waals surface area (Å²) in [7, 11) is 0. The summed E-state index contributed by atoms with van der Waals surface area (Å²) >= 11 is 0. The highest BCUT2D eigenvalue weighted by Gasteiger charge is 2.45. The average Bonchev–Trinajstić information content (AvgIpc) is 2.73. The number of carbonyl (C=O) groups is 2. The summed E-state index contributed by atoms with van der Waals surface area (Å²) in [4.78, 5) is 25.5. The number of hydrogen-bond donors (Lipinski definition) is 2. The number of urea groups is 1. The molecular weight excluding hydrogens is 260 g/mol. The molecule has 2 rings (SSSR count). The lowest BCUT2D eigenvalue weighted by Gasteiger charge is -2.44. The van der Waals surface area contributed by atoms with Gasteiger partial charge in [-0.15, -0.1) is 0 Å². The molecule has 20 heavy (non-hydrogen) atoms. The van der Waals surface area contributed by atoms with Gasteiger partial charge in [0.15, 0.2) is 0 Å². The monoisotopic (exact) mass is 284 g/mol. The van der Waals surface area contributed by atoms with E-state index in [4.69, 9.17) is 4.74 Å². The molecule has 2 N–H and O–H groups in total. The number of carboxylic acid groups (broad SMARTS) is 1. The highest BCUT2D eigenvalue weighted by atomic mass is 16.5. The van der Waals surface area contributed by atoms with E-state index in [9.17, 15) is 14.7 Å². The molecule has 2 unspecified atom stereocenters. The van der Waals surface area contributed by atoms with Crippen LogP contribution in [0.5, 0.6) is 0 Å². The van der Waals surface area contributed by atoms with Crippen LogP contribution in [0.1, 0.15) is 40.0 Å². The maximum Gasteiger partial charge on any atom is 0.327 e. The first kappa shape index (κ1) is 15.1. The minimum absolute atomic E-state index is 0.293. The maximum atomic E-state index is 12.5. The predicted octanol–water partition coefficient (Wildman–Crippen LogP) is 1.45. The van der Waals surface area contributed by atoms with Crippen LogP contribution in [0.25, 0.3) is 0 Å². The normalized spacial score (nSPS) is 33.0. The summed E-state index contributed by atoms with van der Waals surface area (Å²) in [6.07, 6.45) is 2.40. The van der Waals surface area contributed by atoms with Crippen molar-refractivity contribution in [2.24, 2.45) is 5.41 Å². The van der Waals surface area contributed by atoms with Crippen molar-refractivity contribution in [2.75, 3.05) is 19.8 Å². The quantitative estimate of drug-likeness (QED) is 0.804. The number of ether oxygens (including phenoxy) is 1. The molecule has 0 aromatic rings. The van der Waals surface area contributed by atoms with Crippen LogP contribution in [-0.2, 0) is 9.53 Å². The SMILES string of the molecule is CC1(NC(=O)N2CCCC(C)(C)C2C(=O)O)CCOC1. The van der Waals surface area contributed by atoms with Crippen molar-refractivity contribution in [1.82, 2.24) is 10.2 Å². The third-order valence-corrected chi connectivity index (χ3v) is 4.39. The first-order valence-electron chi connectivity index (χ1n) is 7.15.